The van der Waals surface area contributed by atoms with E-state index in [-0.39, 0.29) is 5.41 Å². The molecule has 3 saturated carbocycles. The number of rotatable bonds is 1. The van der Waals surface area contributed by atoms with Crippen LogP contribution in [-0.4, -0.2) is 13.2 Å². The smallest absolute Gasteiger partial charge is 0.212 e. The van der Waals surface area contributed by atoms with Crippen LogP contribution in [-0.2, 0) is 9.05 Å². The summed E-state index contributed by atoms with van der Waals surface area (Å²) in [5, 5.41) is 8.58. The summed E-state index contributed by atoms with van der Waals surface area (Å²) in [6, 6.07) is 2.12. The van der Waals surface area contributed by atoms with E-state index in [0.29, 0.717) is 19.3 Å². The molecule has 0 radical (unpaired) electrons. The predicted molar refractivity (Wildman–Crippen MR) is 39.4 cm³/mol. The van der Waals surface area contributed by atoms with Gasteiger partial charge in [0.25, 0.3) is 0 Å². The molecular weight excluding hydrogens is 186 g/mol. The van der Waals surface area contributed by atoms with Crippen LogP contribution in [0.2, 0.25) is 0 Å². The molecule has 0 N–H and O–H groups in total. The van der Waals surface area contributed by atoms with Crippen LogP contribution in [0.25, 0.3) is 0 Å². The lowest BCUT2D eigenvalue weighted by atomic mass is 9.44. The first-order valence-electron chi connectivity index (χ1n) is 3.29. The Morgan fingerprint density at radius 3 is 2.09 bits per heavy atom. The summed E-state index contributed by atoms with van der Waals surface area (Å²) in [7, 11) is 1.77. The molecule has 11 heavy (non-hydrogen) atoms. The molecule has 0 aromatic rings. The van der Waals surface area contributed by atoms with Crippen molar-refractivity contribution in [2.45, 2.75) is 24.0 Å². The highest BCUT2D eigenvalue weighted by molar-refractivity contribution is 8.15. The highest BCUT2D eigenvalue weighted by Crippen LogP contribution is 2.71. The molecule has 0 amide bonds. The minimum Gasteiger partial charge on any atom is -0.212 e. The standard InChI is InChI=1S/C6H6ClNO2S/c7-11(9,10)6-1-5(2-6,3-6)4-8/h1-3H2. The van der Waals surface area contributed by atoms with Crippen LogP contribution in [0.1, 0.15) is 19.3 Å². The van der Waals surface area contributed by atoms with Gasteiger partial charge in [-0.1, -0.05) is 0 Å². The molecule has 3 aliphatic carbocycles. The van der Waals surface area contributed by atoms with Crippen molar-refractivity contribution in [3.8, 4) is 6.07 Å². The number of hydrogen-bond acceptors (Lipinski definition) is 3. The van der Waals surface area contributed by atoms with Gasteiger partial charge in [0.2, 0.25) is 9.05 Å². The zero-order chi connectivity index (χ0) is 8.33. The highest BCUT2D eigenvalue weighted by Gasteiger charge is 2.74. The van der Waals surface area contributed by atoms with E-state index in [0.717, 1.165) is 0 Å². The SMILES string of the molecule is N#CC12CC(S(=O)(=O)Cl)(C1)C2. The third-order valence-corrected chi connectivity index (χ3v) is 5.19. The van der Waals surface area contributed by atoms with Crippen LogP contribution in [0, 0.1) is 16.7 Å². The van der Waals surface area contributed by atoms with Gasteiger partial charge in [-0.3, -0.25) is 0 Å². The average molecular weight is 192 g/mol. The Morgan fingerprint density at radius 1 is 1.36 bits per heavy atom. The Labute approximate surface area is 69.4 Å². The molecule has 60 valence electrons. The lowest BCUT2D eigenvalue weighted by Crippen LogP contribution is -2.68. The zero-order valence-corrected chi connectivity index (χ0v) is 7.24. The summed E-state index contributed by atoms with van der Waals surface area (Å²) in [5.74, 6) is 0. The van der Waals surface area contributed by atoms with Gasteiger partial charge in [0.1, 0.15) is 0 Å². The normalized spacial score (nSPS) is 46.9. The van der Waals surface area contributed by atoms with E-state index in [1.807, 2.05) is 0 Å². The van der Waals surface area contributed by atoms with Gasteiger partial charge in [-0.15, -0.1) is 0 Å². The van der Waals surface area contributed by atoms with Crippen molar-refractivity contribution in [2.24, 2.45) is 5.41 Å². The maximum atomic E-state index is 10.9. The minimum absolute atomic E-state index is 0.331. The zero-order valence-electron chi connectivity index (χ0n) is 5.67. The lowest BCUT2D eigenvalue weighted by molar-refractivity contribution is -0.0239. The van der Waals surface area contributed by atoms with Gasteiger partial charge in [-0.05, 0) is 19.3 Å². The van der Waals surface area contributed by atoms with Crippen molar-refractivity contribution in [1.29, 1.82) is 5.26 Å². The van der Waals surface area contributed by atoms with E-state index < -0.39 is 13.8 Å². The summed E-state index contributed by atoms with van der Waals surface area (Å²) < 4.78 is 21.1. The Morgan fingerprint density at radius 2 is 1.82 bits per heavy atom. The Kier molecular flexibility index (Phi) is 1.05. The van der Waals surface area contributed by atoms with E-state index in [1.165, 1.54) is 0 Å². The van der Waals surface area contributed by atoms with Crippen molar-refractivity contribution in [3.05, 3.63) is 0 Å². The molecule has 0 saturated heterocycles. The quantitative estimate of drug-likeness (QED) is 0.581. The molecular formula is C6H6ClNO2S. The molecule has 0 aliphatic heterocycles. The summed E-state index contributed by atoms with van der Waals surface area (Å²) in [6.45, 7) is 0. The summed E-state index contributed by atoms with van der Waals surface area (Å²) in [4.78, 5) is 0. The van der Waals surface area contributed by atoms with Crippen molar-refractivity contribution >= 4 is 19.7 Å². The largest absolute Gasteiger partial charge is 0.238 e. The van der Waals surface area contributed by atoms with E-state index in [1.54, 1.807) is 0 Å². The van der Waals surface area contributed by atoms with Gasteiger partial charge in [0.05, 0.1) is 16.2 Å². The summed E-state index contributed by atoms with van der Waals surface area (Å²) in [6.07, 6.45) is 1.34. The predicted octanol–water partition coefficient (Wildman–Crippen LogP) is 1.00. The molecule has 3 rings (SSSR count). The lowest BCUT2D eigenvalue weighted by Gasteiger charge is -2.64. The first-order valence-corrected chi connectivity index (χ1v) is 5.60. The molecule has 3 aliphatic rings. The molecule has 0 heterocycles. The van der Waals surface area contributed by atoms with Crippen LogP contribution in [0.15, 0.2) is 0 Å². The average Bonchev–Trinajstić information content (AvgIpc) is 1.53. The summed E-state index contributed by atoms with van der Waals surface area (Å²) in [5.41, 5.74) is -0.331. The van der Waals surface area contributed by atoms with E-state index in [4.69, 9.17) is 15.9 Å². The number of nitriles is 1. The second kappa shape index (κ2) is 1.57. The van der Waals surface area contributed by atoms with Gasteiger partial charge in [-0.25, -0.2) is 8.42 Å². The molecule has 0 unspecified atom stereocenters. The molecule has 0 aromatic heterocycles. The highest BCUT2D eigenvalue weighted by atomic mass is 35.7. The molecule has 0 aromatic carbocycles. The second-order valence-electron chi connectivity index (χ2n) is 3.54. The van der Waals surface area contributed by atoms with Gasteiger partial charge in [0.15, 0.2) is 0 Å². The van der Waals surface area contributed by atoms with Crippen LogP contribution in [0.5, 0.6) is 0 Å². The second-order valence-corrected chi connectivity index (χ2v) is 6.50. The van der Waals surface area contributed by atoms with Crippen LogP contribution >= 0.6 is 10.7 Å². The van der Waals surface area contributed by atoms with Gasteiger partial charge < -0.3 is 0 Å². The summed E-state index contributed by atoms with van der Waals surface area (Å²) >= 11 is 0. The molecule has 3 nitrogen and oxygen atoms in total. The fourth-order valence-electron chi connectivity index (χ4n) is 2.07. The first kappa shape index (κ1) is 7.38. The molecule has 0 atom stereocenters. The van der Waals surface area contributed by atoms with Gasteiger partial charge in [0, 0.05) is 10.7 Å². The third kappa shape index (κ3) is 0.658. The van der Waals surface area contributed by atoms with Crippen LogP contribution in [0.4, 0.5) is 0 Å². The molecule has 5 heteroatoms. The van der Waals surface area contributed by atoms with E-state index in [9.17, 15) is 8.42 Å². The number of hydrogen-bond donors (Lipinski definition) is 0. The van der Waals surface area contributed by atoms with Gasteiger partial charge in [-0.2, -0.15) is 5.26 Å². The maximum Gasteiger partial charge on any atom is 0.238 e. The van der Waals surface area contributed by atoms with Crippen LogP contribution in [0.3, 0.4) is 0 Å². The molecule has 2 bridgehead atoms. The minimum atomic E-state index is -3.43. The molecule has 0 spiro atoms. The van der Waals surface area contributed by atoms with Crippen LogP contribution < -0.4 is 0 Å². The Bertz CT molecular complexity index is 333. The monoisotopic (exact) mass is 191 g/mol. The molecule has 3 fully saturated rings. The van der Waals surface area contributed by atoms with E-state index in [2.05, 4.69) is 6.07 Å². The van der Waals surface area contributed by atoms with Crippen molar-refractivity contribution in [2.75, 3.05) is 0 Å². The Balaban J connectivity index is 2.25. The van der Waals surface area contributed by atoms with Crippen molar-refractivity contribution < 1.29 is 8.42 Å². The topological polar surface area (TPSA) is 57.9 Å². The third-order valence-electron chi connectivity index (χ3n) is 2.74. The van der Waals surface area contributed by atoms with Crippen molar-refractivity contribution in [1.82, 2.24) is 0 Å². The Hall–Kier alpha value is -0.270. The first-order chi connectivity index (χ1) is 4.93. The van der Waals surface area contributed by atoms with Gasteiger partial charge >= 0.3 is 0 Å². The fraction of sp³-hybridized carbons (Fsp3) is 0.833. The number of nitrogens with zero attached hydrogens (tertiary/aromatic N) is 1. The maximum absolute atomic E-state index is 10.9. The van der Waals surface area contributed by atoms with E-state index >= 15 is 0 Å². The van der Waals surface area contributed by atoms with Crippen molar-refractivity contribution in [3.63, 3.8) is 0 Å². The number of halogens is 1. The fourth-order valence-corrected chi connectivity index (χ4v) is 3.91.